The second-order valence-corrected chi connectivity index (χ2v) is 9.61. The van der Waals surface area contributed by atoms with Crippen LogP contribution in [0, 0.1) is 0 Å². The van der Waals surface area contributed by atoms with Gasteiger partial charge in [0.05, 0.1) is 11.9 Å². The van der Waals surface area contributed by atoms with Crippen molar-refractivity contribution in [3.8, 4) is 5.75 Å². The number of ether oxygens (including phenoxy) is 1. The Hall–Kier alpha value is -2.58. The molecular weight excluding hydrogens is 402 g/mol. The smallest absolute Gasteiger partial charge is 0.258 e. The summed E-state index contributed by atoms with van der Waals surface area (Å²) in [4.78, 5) is 14.6. The number of nitrogens with one attached hydrogen (secondary N) is 1. The van der Waals surface area contributed by atoms with E-state index in [-0.39, 0.29) is 12.5 Å². The Labute approximate surface area is 178 Å². The van der Waals surface area contributed by atoms with Crippen LogP contribution in [0.15, 0.2) is 48.5 Å². The van der Waals surface area contributed by atoms with E-state index < -0.39 is 10.0 Å². The summed E-state index contributed by atoms with van der Waals surface area (Å²) in [6.45, 7) is 3.62. The second kappa shape index (κ2) is 9.95. The maximum atomic E-state index is 12.1. The van der Waals surface area contributed by atoms with E-state index >= 15 is 0 Å². The molecule has 0 bridgehead atoms. The Kier molecular flexibility index (Phi) is 7.33. The Morgan fingerprint density at radius 2 is 1.77 bits per heavy atom. The molecule has 0 spiro atoms. The lowest BCUT2D eigenvalue weighted by Crippen LogP contribution is -2.28. The van der Waals surface area contributed by atoms with Gasteiger partial charge in [0.2, 0.25) is 10.0 Å². The zero-order valence-electron chi connectivity index (χ0n) is 17.5. The number of likely N-dealkylation sites (tertiary alicyclic amines) is 1. The number of amides is 1. The van der Waals surface area contributed by atoms with Gasteiger partial charge in [0.1, 0.15) is 5.75 Å². The molecule has 7 nitrogen and oxygen atoms in total. The van der Waals surface area contributed by atoms with Crippen molar-refractivity contribution < 1.29 is 17.9 Å². The number of sulfonamides is 1. The minimum absolute atomic E-state index is 0.102. The molecule has 1 heterocycles. The third-order valence-electron chi connectivity index (χ3n) is 5.15. The third kappa shape index (κ3) is 6.47. The quantitative estimate of drug-likeness (QED) is 0.660. The minimum Gasteiger partial charge on any atom is -0.484 e. The Morgan fingerprint density at radius 1 is 1.10 bits per heavy atom. The van der Waals surface area contributed by atoms with Gasteiger partial charge in [0.15, 0.2) is 6.61 Å². The average molecular weight is 432 g/mol. The van der Waals surface area contributed by atoms with Gasteiger partial charge in [-0.1, -0.05) is 24.3 Å². The maximum Gasteiger partial charge on any atom is 0.258 e. The van der Waals surface area contributed by atoms with E-state index in [0.29, 0.717) is 18.0 Å². The van der Waals surface area contributed by atoms with E-state index in [2.05, 4.69) is 22.3 Å². The standard InChI is InChI=1S/C22H29N3O4S/c1-24(30(2,27)28)20-8-10-21(11-9-20)29-17-22(26)23-15-18-6-5-7-19(14-18)16-25-12-3-4-13-25/h5-11,14H,3-4,12-13,15-17H2,1-2H3,(H,23,26). The number of hydrogen-bond acceptors (Lipinski definition) is 5. The number of anilines is 1. The first-order valence-corrected chi connectivity index (χ1v) is 11.9. The summed E-state index contributed by atoms with van der Waals surface area (Å²) in [6.07, 6.45) is 3.68. The van der Waals surface area contributed by atoms with Crippen molar-refractivity contribution in [1.82, 2.24) is 10.2 Å². The van der Waals surface area contributed by atoms with Gasteiger partial charge in [-0.3, -0.25) is 14.0 Å². The predicted octanol–water partition coefficient (Wildman–Crippen LogP) is 2.37. The fourth-order valence-electron chi connectivity index (χ4n) is 3.38. The maximum absolute atomic E-state index is 12.1. The fourth-order valence-corrected chi connectivity index (χ4v) is 3.89. The van der Waals surface area contributed by atoms with Gasteiger partial charge in [0.25, 0.3) is 5.91 Å². The van der Waals surface area contributed by atoms with Gasteiger partial charge in [0, 0.05) is 20.1 Å². The lowest BCUT2D eigenvalue weighted by Gasteiger charge is -2.17. The van der Waals surface area contributed by atoms with Crippen LogP contribution in [0.2, 0.25) is 0 Å². The van der Waals surface area contributed by atoms with Crippen LogP contribution in [0.4, 0.5) is 5.69 Å². The molecule has 1 aliphatic rings. The molecule has 162 valence electrons. The third-order valence-corrected chi connectivity index (χ3v) is 6.36. The van der Waals surface area contributed by atoms with Crippen LogP contribution in [0.25, 0.3) is 0 Å². The van der Waals surface area contributed by atoms with Gasteiger partial charge in [-0.15, -0.1) is 0 Å². The van der Waals surface area contributed by atoms with Crippen molar-refractivity contribution in [1.29, 1.82) is 0 Å². The van der Waals surface area contributed by atoms with Crippen molar-refractivity contribution in [2.24, 2.45) is 0 Å². The highest BCUT2D eigenvalue weighted by molar-refractivity contribution is 7.92. The first-order valence-electron chi connectivity index (χ1n) is 10.0. The molecule has 0 aliphatic carbocycles. The summed E-state index contributed by atoms with van der Waals surface area (Å²) < 4.78 is 29.8. The summed E-state index contributed by atoms with van der Waals surface area (Å²) in [7, 11) is -1.83. The van der Waals surface area contributed by atoms with Crippen LogP contribution in [0.3, 0.4) is 0 Å². The lowest BCUT2D eigenvalue weighted by atomic mass is 10.1. The highest BCUT2D eigenvalue weighted by Crippen LogP contribution is 2.20. The molecule has 1 amide bonds. The van der Waals surface area contributed by atoms with Gasteiger partial charge in [-0.05, 0) is 61.3 Å². The van der Waals surface area contributed by atoms with E-state index in [4.69, 9.17) is 4.74 Å². The average Bonchev–Trinajstić information content (AvgIpc) is 3.23. The number of hydrogen-bond donors (Lipinski definition) is 1. The van der Waals surface area contributed by atoms with Crippen molar-refractivity contribution in [3.05, 3.63) is 59.7 Å². The van der Waals surface area contributed by atoms with Crippen LogP contribution < -0.4 is 14.4 Å². The normalized spacial score (nSPS) is 14.5. The van der Waals surface area contributed by atoms with Crippen molar-refractivity contribution in [3.63, 3.8) is 0 Å². The molecular formula is C22H29N3O4S. The monoisotopic (exact) mass is 431 g/mol. The Morgan fingerprint density at radius 3 is 2.43 bits per heavy atom. The van der Waals surface area contributed by atoms with Crippen LogP contribution in [0.1, 0.15) is 24.0 Å². The zero-order chi connectivity index (χ0) is 21.6. The molecule has 0 aromatic heterocycles. The summed E-state index contributed by atoms with van der Waals surface area (Å²) in [5, 5.41) is 2.87. The molecule has 2 aromatic carbocycles. The molecule has 1 aliphatic heterocycles. The first kappa shape index (κ1) is 22.1. The SMILES string of the molecule is CN(c1ccc(OCC(=O)NCc2cccc(CN3CCCC3)c2)cc1)S(C)(=O)=O. The number of benzene rings is 2. The summed E-state index contributed by atoms with van der Waals surface area (Å²) in [5.41, 5.74) is 2.86. The molecule has 2 aromatic rings. The first-order chi connectivity index (χ1) is 14.3. The Bertz CT molecular complexity index is 955. The molecule has 0 saturated carbocycles. The number of rotatable bonds is 9. The predicted molar refractivity (Wildman–Crippen MR) is 118 cm³/mol. The number of carbonyl (C=O) groups is 1. The zero-order valence-corrected chi connectivity index (χ0v) is 18.3. The summed E-state index contributed by atoms with van der Waals surface area (Å²) in [5.74, 6) is 0.292. The number of nitrogens with zero attached hydrogens (tertiary/aromatic N) is 2. The van der Waals surface area contributed by atoms with Gasteiger partial charge in [-0.2, -0.15) is 0 Å². The van der Waals surface area contributed by atoms with Gasteiger partial charge < -0.3 is 10.1 Å². The van der Waals surface area contributed by atoms with E-state index in [1.54, 1.807) is 24.3 Å². The van der Waals surface area contributed by atoms with E-state index in [1.165, 1.54) is 29.8 Å². The van der Waals surface area contributed by atoms with Crippen molar-refractivity contribution >= 4 is 21.6 Å². The molecule has 1 saturated heterocycles. The second-order valence-electron chi connectivity index (χ2n) is 7.59. The molecule has 3 rings (SSSR count). The van der Waals surface area contributed by atoms with Crippen LogP contribution >= 0.6 is 0 Å². The largest absolute Gasteiger partial charge is 0.484 e. The molecule has 0 unspecified atom stereocenters. The Balaban J connectivity index is 1.45. The van der Waals surface area contributed by atoms with E-state index in [9.17, 15) is 13.2 Å². The van der Waals surface area contributed by atoms with E-state index in [1.807, 2.05) is 12.1 Å². The van der Waals surface area contributed by atoms with Crippen molar-refractivity contribution in [2.45, 2.75) is 25.9 Å². The molecule has 0 radical (unpaired) electrons. The summed E-state index contributed by atoms with van der Waals surface area (Å²) >= 11 is 0. The highest BCUT2D eigenvalue weighted by Gasteiger charge is 2.13. The molecule has 1 N–H and O–H groups in total. The van der Waals surface area contributed by atoms with Gasteiger partial charge in [-0.25, -0.2) is 8.42 Å². The van der Waals surface area contributed by atoms with Crippen molar-refractivity contribution in [2.75, 3.05) is 37.3 Å². The fraction of sp³-hybridized carbons (Fsp3) is 0.409. The molecule has 1 fully saturated rings. The molecule has 30 heavy (non-hydrogen) atoms. The van der Waals surface area contributed by atoms with E-state index in [0.717, 1.165) is 31.5 Å². The lowest BCUT2D eigenvalue weighted by molar-refractivity contribution is -0.123. The van der Waals surface area contributed by atoms with Gasteiger partial charge >= 0.3 is 0 Å². The minimum atomic E-state index is -3.31. The molecule has 8 heteroatoms. The van der Waals surface area contributed by atoms with Crippen LogP contribution in [-0.4, -0.2) is 52.2 Å². The number of carbonyl (C=O) groups excluding carboxylic acids is 1. The highest BCUT2D eigenvalue weighted by atomic mass is 32.2. The molecule has 0 atom stereocenters. The van der Waals surface area contributed by atoms with Crippen LogP contribution in [0.5, 0.6) is 5.75 Å². The van der Waals surface area contributed by atoms with Crippen LogP contribution in [-0.2, 0) is 27.9 Å². The summed E-state index contributed by atoms with van der Waals surface area (Å²) in [6, 6.07) is 14.9. The topological polar surface area (TPSA) is 79.0 Å².